The number of fused-ring (bicyclic) bond motifs is 4. The number of benzene rings is 1. The number of hydrogen-bond donors (Lipinski definition) is 2. The minimum Gasteiger partial charge on any atom is -0.397 e. The standard InChI is InChI=1S/C34H43BrF3N7O3S/c35-27-15-21(14-26(31(27)39)34(36,37)38)13-23(32(47)44-11-9-42(10-12-44)29-18-41-5-1-22(29)2-6-41)16-30(46)43-7-3-25(4-8-43)45-17-24-19-49-20-28(24)40-33(45)48/h14-15,19-20,22-23,25,29H,1-13,16-18,39H2,(H,40,48)/t23-,29?/m0/s1. The summed E-state index contributed by atoms with van der Waals surface area (Å²) in [5, 5.41) is 6.91. The van der Waals surface area contributed by atoms with Gasteiger partial charge >= 0.3 is 12.2 Å². The molecule has 10 nitrogen and oxygen atoms in total. The van der Waals surface area contributed by atoms with E-state index < -0.39 is 23.3 Å². The van der Waals surface area contributed by atoms with E-state index >= 15 is 0 Å². The van der Waals surface area contributed by atoms with Crippen LogP contribution in [-0.4, -0.2) is 113 Å². The van der Waals surface area contributed by atoms with Gasteiger partial charge in [0.05, 0.1) is 29.4 Å². The molecule has 6 aliphatic rings. The highest BCUT2D eigenvalue weighted by Gasteiger charge is 2.41. The molecule has 1 aromatic carbocycles. The van der Waals surface area contributed by atoms with Gasteiger partial charge in [-0.2, -0.15) is 13.2 Å². The van der Waals surface area contributed by atoms with Gasteiger partial charge in [0, 0.05) is 79.7 Å². The highest BCUT2D eigenvalue weighted by atomic mass is 79.9. The lowest BCUT2D eigenvalue weighted by Gasteiger charge is -2.51. The van der Waals surface area contributed by atoms with Crippen molar-refractivity contribution in [2.75, 3.05) is 70.0 Å². The van der Waals surface area contributed by atoms with Gasteiger partial charge in [0.15, 0.2) is 0 Å². The number of piperidine rings is 4. The van der Waals surface area contributed by atoms with E-state index in [9.17, 15) is 27.6 Å². The van der Waals surface area contributed by atoms with Gasteiger partial charge in [0.2, 0.25) is 11.8 Å². The number of anilines is 2. The molecule has 2 bridgehead atoms. The molecule has 0 spiro atoms. The number of nitrogen functional groups attached to an aromatic ring is 1. The van der Waals surface area contributed by atoms with Crippen LogP contribution in [0.25, 0.3) is 0 Å². The monoisotopic (exact) mass is 765 g/mol. The van der Waals surface area contributed by atoms with Crippen LogP contribution in [-0.2, 0) is 28.7 Å². The number of nitrogens with zero attached hydrogens (tertiary/aromatic N) is 5. The van der Waals surface area contributed by atoms with Crippen LogP contribution < -0.4 is 11.1 Å². The Bertz CT molecular complexity index is 1570. The fourth-order valence-electron chi connectivity index (χ4n) is 8.50. The van der Waals surface area contributed by atoms with Crippen LogP contribution >= 0.6 is 27.3 Å². The Balaban J connectivity index is 1.03. The molecular weight excluding hydrogens is 723 g/mol. The molecule has 1 unspecified atom stereocenters. The Morgan fingerprint density at radius 2 is 1.69 bits per heavy atom. The van der Waals surface area contributed by atoms with Gasteiger partial charge in [-0.25, -0.2) is 4.79 Å². The van der Waals surface area contributed by atoms with Gasteiger partial charge in [-0.15, -0.1) is 11.3 Å². The van der Waals surface area contributed by atoms with Crippen LogP contribution in [0.2, 0.25) is 0 Å². The van der Waals surface area contributed by atoms with E-state index in [2.05, 4.69) is 31.0 Å². The molecule has 2 aromatic rings. The van der Waals surface area contributed by atoms with E-state index in [1.807, 2.05) is 15.7 Å². The number of hydrogen-bond acceptors (Lipinski definition) is 7. The third-order valence-electron chi connectivity index (χ3n) is 11.3. The van der Waals surface area contributed by atoms with E-state index in [0.717, 1.165) is 50.0 Å². The fraction of sp³-hybridized carbons (Fsp3) is 0.618. The molecule has 0 radical (unpaired) electrons. The number of piperazine rings is 1. The quantitative estimate of drug-likeness (QED) is 0.388. The van der Waals surface area contributed by atoms with Crippen LogP contribution in [0.1, 0.15) is 48.8 Å². The molecule has 4 amide bonds. The van der Waals surface area contributed by atoms with E-state index in [1.165, 1.54) is 18.9 Å². The largest absolute Gasteiger partial charge is 0.418 e. The molecule has 1 aromatic heterocycles. The molecule has 0 aliphatic carbocycles. The Morgan fingerprint density at radius 3 is 2.35 bits per heavy atom. The van der Waals surface area contributed by atoms with Crippen molar-refractivity contribution >= 4 is 56.5 Å². The van der Waals surface area contributed by atoms with Gasteiger partial charge in [0.25, 0.3) is 0 Å². The number of nitrogens with one attached hydrogen (secondary N) is 1. The van der Waals surface area contributed by atoms with Gasteiger partial charge in [-0.3, -0.25) is 14.5 Å². The van der Waals surface area contributed by atoms with Crippen molar-refractivity contribution in [1.29, 1.82) is 0 Å². The fourth-order valence-corrected chi connectivity index (χ4v) is 9.78. The molecule has 5 fully saturated rings. The van der Waals surface area contributed by atoms with Crippen molar-refractivity contribution in [3.8, 4) is 0 Å². The molecule has 2 atom stereocenters. The normalized spacial score (nSPS) is 25.7. The van der Waals surface area contributed by atoms with Crippen molar-refractivity contribution in [2.45, 2.75) is 63.3 Å². The number of urea groups is 1. The van der Waals surface area contributed by atoms with Crippen molar-refractivity contribution in [1.82, 2.24) is 24.5 Å². The lowest BCUT2D eigenvalue weighted by molar-refractivity contribution is -0.143. The third-order valence-corrected chi connectivity index (χ3v) is 12.8. The number of nitrogens with two attached hydrogens (primary N) is 1. The van der Waals surface area contributed by atoms with Gasteiger partial charge in [0.1, 0.15) is 0 Å². The predicted molar refractivity (Wildman–Crippen MR) is 185 cm³/mol. The maximum atomic E-state index is 14.2. The lowest BCUT2D eigenvalue weighted by atomic mass is 9.83. The summed E-state index contributed by atoms with van der Waals surface area (Å²) >= 11 is 4.72. The Labute approximate surface area is 296 Å². The van der Waals surface area contributed by atoms with Crippen molar-refractivity contribution < 1.29 is 27.6 Å². The first-order chi connectivity index (χ1) is 23.4. The molecule has 8 rings (SSSR count). The van der Waals surface area contributed by atoms with Crippen molar-refractivity contribution in [2.24, 2.45) is 11.8 Å². The van der Waals surface area contributed by atoms with E-state index in [1.54, 1.807) is 21.1 Å². The number of carbonyl (C=O) groups is 3. The molecule has 49 heavy (non-hydrogen) atoms. The number of amides is 4. The summed E-state index contributed by atoms with van der Waals surface area (Å²) in [7, 11) is 0. The average molecular weight is 767 g/mol. The number of rotatable bonds is 7. The van der Waals surface area contributed by atoms with Crippen molar-refractivity contribution in [3.63, 3.8) is 0 Å². The molecule has 266 valence electrons. The lowest BCUT2D eigenvalue weighted by Crippen LogP contribution is -2.61. The zero-order valence-corrected chi connectivity index (χ0v) is 29.8. The van der Waals surface area contributed by atoms with E-state index in [4.69, 9.17) is 5.73 Å². The first kappa shape index (κ1) is 34.6. The third kappa shape index (κ3) is 7.31. The summed E-state index contributed by atoms with van der Waals surface area (Å²) in [4.78, 5) is 51.1. The number of likely N-dealkylation sites (tertiary alicyclic amines) is 1. The molecular formula is C34H43BrF3N7O3S. The predicted octanol–water partition coefficient (Wildman–Crippen LogP) is 4.94. The Hall–Kier alpha value is -2.88. The molecule has 5 saturated heterocycles. The SMILES string of the molecule is Nc1c(Br)cc(C[C@@H](CC(=O)N2CCC(N3Cc4cscc4NC3=O)CC2)C(=O)N2CCN(C3CN4CCC3CC4)CC2)cc1C(F)(F)F. The maximum absolute atomic E-state index is 14.2. The van der Waals surface area contributed by atoms with E-state index in [-0.39, 0.29) is 41.2 Å². The molecule has 7 heterocycles. The van der Waals surface area contributed by atoms with Crippen LogP contribution in [0.5, 0.6) is 0 Å². The molecule has 3 N–H and O–H groups in total. The second-order valence-corrected chi connectivity index (χ2v) is 15.8. The minimum absolute atomic E-state index is 0.0141. The van der Waals surface area contributed by atoms with Gasteiger partial charge < -0.3 is 30.7 Å². The average Bonchev–Trinajstić information content (AvgIpc) is 3.56. The summed E-state index contributed by atoms with van der Waals surface area (Å²) in [6.45, 7) is 7.35. The smallest absolute Gasteiger partial charge is 0.397 e. The molecule has 15 heteroatoms. The van der Waals surface area contributed by atoms with Crippen LogP contribution in [0, 0.1) is 11.8 Å². The topological polar surface area (TPSA) is 105 Å². The van der Waals surface area contributed by atoms with Gasteiger partial charge in [-0.1, -0.05) is 0 Å². The maximum Gasteiger partial charge on any atom is 0.418 e. The first-order valence-electron chi connectivity index (χ1n) is 17.3. The molecule has 0 saturated carbocycles. The number of carbonyl (C=O) groups excluding carboxylic acids is 3. The van der Waals surface area contributed by atoms with Gasteiger partial charge in [-0.05, 0) is 90.1 Å². The Morgan fingerprint density at radius 1 is 0.980 bits per heavy atom. The second-order valence-electron chi connectivity index (χ2n) is 14.2. The van der Waals surface area contributed by atoms with Crippen LogP contribution in [0.3, 0.4) is 0 Å². The van der Waals surface area contributed by atoms with Crippen LogP contribution in [0.4, 0.5) is 29.3 Å². The zero-order chi connectivity index (χ0) is 34.4. The number of halogens is 4. The minimum atomic E-state index is -4.66. The summed E-state index contributed by atoms with van der Waals surface area (Å²) < 4.78 is 41.7. The zero-order valence-electron chi connectivity index (χ0n) is 27.4. The Kier molecular flexibility index (Phi) is 9.90. The van der Waals surface area contributed by atoms with Crippen molar-refractivity contribution in [3.05, 3.63) is 44.1 Å². The summed E-state index contributed by atoms with van der Waals surface area (Å²) in [5.74, 6) is -0.535. The molecule has 6 aliphatic heterocycles. The van der Waals surface area contributed by atoms with E-state index in [0.29, 0.717) is 63.1 Å². The second kappa shape index (κ2) is 14.0. The van der Waals surface area contributed by atoms with Crippen LogP contribution in [0.15, 0.2) is 27.4 Å². The first-order valence-corrected chi connectivity index (χ1v) is 19.0. The summed E-state index contributed by atoms with van der Waals surface area (Å²) in [6.07, 6.45) is -1.14. The highest BCUT2D eigenvalue weighted by molar-refractivity contribution is 9.10. The number of alkyl halides is 3. The summed E-state index contributed by atoms with van der Waals surface area (Å²) in [5.41, 5.74) is 6.64. The number of thiophene rings is 1. The summed E-state index contributed by atoms with van der Waals surface area (Å²) in [6, 6.07) is 2.87. The highest BCUT2D eigenvalue weighted by Crippen LogP contribution is 2.39.